The van der Waals surface area contributed by atoms with Gasteiger partial charge in [-0.1, -0.05) is 12.1 Å². The molecule has 0 aliphatic carbocycles. The number of hydrogen-bond donors (Lipinski definition) is 1. The predicted octanol–water partition coefficient (Wildman–Crippen LogP) is 1.88. The Balaban J connectivity index is 2.24. The van der Waals surface area contributed by atoms with Crippen LogP contribution in [0.4, 0.5) is 10.1 Å². The van der Waals surface area contributed by atoms with E-state index >= 15 is 0 Å². The second-order valence-electron chi connectivity index (χ2n) is 4.90. The molecule has 19 heavy (non-hydrogen) atoms. The van der Waals surface area contributed by atoms with E-state index in [0.717, 1.165) is 6.54 Å². The Morgan fingerprint density at radius 3 is 2.84 bits per heavy atom. The number of ether oxygens (including phenoxy) is 1. The van der Waals surface area contributed by atoms with Crippen LogP contribution in [0.3, 0.4) is 0 Å². The van der Waals surface area contributed by atoms with Crippen LogP contribution in [-0.4, -0.2) is 43.2 Å². The molecule has 0 amide bonds. The summed E-state index contributed by atoms with van der Waals surface area (Å²) in [6, 6.07) is 6.37. The summed E-state index contributed by atoms with van der Waals surface area (Å²) < 4.78 is 18.9. The van der Waals surface area contributed by atoms with Gasteiger partial charge in [-0.2, -0.15) is 0 Å². The minimum Gasteiger partial charge on any atom is -0.464 e. The van der Waals surface area contributed by atoms with Crippen molar-refractivity contribution in [3.05, 3.63) is 30.1 Å². The summed E-state index contributed by atoms with van der Waals surface area (Å²) in [5.74, 6) is -0.677. The highest BCUT2D eigenvalue weighted by molar-refractivity contribution is 5.85. The molecule has 1 saturated heterocycles. The standard InChI is InChI=1S/C14H19FN2O2/c1-3-19-13(18)14(8-9-17(2)10-14)16-12-7-5-4-6-11(12)15/h4-7,16H,3,8-10H2,1-2H3. The van der Waals surface area contributed by atoms with Gasteiger partial charge in [0.2, 0.25) is 0 Å². The van der Waals surface area contributed by atoms with Crippen LogP contribution in [0.25, 0.3) is 0 Å². The molecule has 5 heteroatoms. The maximum atomic E-state index is 13.7. The van der Waals surface area contributed by atoms with Gasteiger partial charge in [-0.05, 0) is 32.5 Å². The van der Waals surface area contributed by atoms with Crippen molar-refractivity contribution in [2.75, 3.05) is 32.1 Å². The van der Waals surface area contributed by atoms with Crippen molar-refractivity contribution in [1.82, 2.24) is 4.90 Å². The Morgan fingerprint density at radius 1 is 1.53 bits per heavy atom. The maximum absolute atomic E-state index is 13.7. The van der Waals surface area contributed by atoms with Crippen molar-refractivity contribution in [3.8, 4) is 0 Å². The van der Waals surface area contributed by atoms with Crippen LogP contribution in [-0.2, 0) is 9.53 Å². The van der Waals surface area contributed by atoms with E-state index in [1.54, 1.807) is 25.1 Å². The number of likely N-dealkylation sites (tertiary alicyclic amines) is 1. The van der Waals surface area contributed by atoms with Crippen molar-refractivity contribution < 1.29 is 13.9 Å². The molecular formula is C14H19FN2O2. The first kappa shape index (κ1) is 13.8. The Morgan fingerprint density at radius 2 is 2.26 bits per heavy atom. The van der Waals surface area contributed by atoms with Gasteiger partial charge in [0.15, 0.2) is 0 Å². The molecule has 0 radical (unpaired) electrons. The number of nitrogens with one attached hydrogen (secondary N) is 1. The number of benzene rings is 1. The lowest BCUT2D eigenvalue weighted by Crippen LogP contribution is -2.49. The molecule has 1 heterocycles. The average molecular weight is 266 g/mol. The molecule has 1 aliphatic heterocycles. The van der Waals surface area contributed by atoms with Crippen LogP contribution in [0.2, 0.25) is 0 Å². The number of rotatable bonds is 4. The summed E-state index contributed by atoms with van der Waals surface area (Å²) in [5.41, 5.74) is -0.515. The van der Waals surface area contributed by atoms with E-state index in [1.165, 1.54) is 6.07 Å². The molecule has 1 aliphatic rings. The summed E-state index contributed by atoms with van der Waals surface area (Å²) in [4.78, 5) is 14.2. The fourth-order valence-corrected chi connectivity index (χ4v) is 2.41. The van der Waals surface area contributed by atoms with Crippen LogP contribution in [0.5, 0.6) is 0 Å². The van der Waals surface area contributed by atoms with E-state index in [1.807, 2.05) is 11.9 Å². The zero-order valence-electron chi connectivity index (χ0n) is 11.3. The molecule has 1 atom stereocenters. The normalized spacial score (nSPS) is 23.3. The van der Waals surface area contributed by atoms with Gasteiger partial charge in [0.05, 0.1) is 12.3 Å². The molecule has 1 unspecified atom stereocenters. The Hall–Kier alpha value is -1.62. The maximum Gasteiger partial charge on any atom is 0.333 e. The van der Waals surface area contributed by atoms with Crippen molar-refractivity contribution in [2.24, 2.45) is 0 Å². The molecule has 2 rings (SSSR count). The van der Waals surface area contributed by atoms with Gasteiger partial charge in [0, 0.05) is 13.1 Å². The fraction of sp³-hybridized carbons (Fsp3) is 0.500. The summed E-state index contributed by atoms with van der Waals surface area (Å²) in [6.07, 6.45) is 0.608. The summed E-state index contributed by atoms with van der Waals surface area (Å²) in [6.45, 7) is 3.39. The first-order chi connectivity index (χ1) is 9.07. The van der Waals surface area contributed by atoms with Crippen molar-refractivity contribution in [2.45, 2.75) is 18.9 Å². The van der Waals surface area contributed by atoms with Crippen LogP contribution in [0.1, 0.15) is 13.3 Å². The van der Waals surface area contributed by atoms with Gasteiger partial charge in [-0.3, -0.25) is 0 Å². The second kappa shape index (κ2) is 5.57. The van der Waals surface area contributed by atoms with Crippen molar-refractivity contribution in [3.63, 3.8) is 0 Å². The first-order valence-corrected chi connectivity index (χ1v) is 6.46. The highest BCUT2D eigenvalue weighted by Crippen LogP contribution is 2.28. The number of nitrogens with zero attached hydrogens (tertiary/aromatic N) is 1. The summed E-state index contributed by atoms with van der Waals surface area (Å²) in [7, 11) is 1.93. The predicted molar refractivity (Wildman–Crippen MR) is 71.5 cm³/mol. The molecule has 0 saturated carbocycles. The number of hydrogen-bond acceptors (Lipinski definition) is 4. The highest BCUT2D eigenvalue weighted by Gasteiger charge is 2.45. The van der Waals surface area contributed by atoms with Gasteiger partial charge in [0.25, 0.3) is 0 Å². The van der Waals surface area contributed by atoms with E-state index in [9.17, 15) is 9.18 Å². The van der Waals surface area contributed by atoms with E-state index in [-0.39, 0.29) is 11.8 Å². The zero-order valence-corrected chi connectivity index (χ0v) is 11.3. The number of carbonyl (C=O) groups excluding carboxylic acids is 1. The lowest BCUT2D eigenvalue weighted by molar-refractivity contribution is -0.148. The third-order valence-electron chi connectivity index (χ3n) is 3.37. The topological polar surface area (TPSA) is 41.6 Å². The Bertz CT molecular complexity index is 467. The quantitative estimate of drug-likeness (QED) is 0.845. The first-order valence-electron chi connectivity index (χ1n) is 6.46. The number of carbonyl (C=O) groups is 1. The van der Waals surface area contributed by atoms with Crippen LogP contribution in [0, 0.1) is 5.82 Å². The fourth-order valence-electron chi connectivity index (χ4n) is 2.41. The van der Waals surface area contributed by atoms with Crippen LogP contribution >= 0.6 is 0 Å². The third kappa shape index (κ3) is 2.87. The summed E-state index contributed by atoms with van der Waals surface area (Å²) in [5, 5.41) is 3.05. The smallest absolute Gasteiger partial charge is 0.333 e. The van der Waals surface area contributed by atoms with Gasteiger partial charge >= 0.3 is 5.97 Å². The zero-order chi connectivity index (χ0) is 13.9. The molecule has 1 fully saturated rings. The molecule has 0 bridgehead atoms. The lowest BCUT2D eigenvalue weighted by atomic mass is 9.98. The van der Waals surface area contributed by atoms with Crippen molar-refractivity contribution in [1.29, 1.82) is 0 Å². The number of para-hydroxylation sites is 1. The molecular weight excluding hydrogens is 247 g/mol. The molecule has 0 spiro atoms. The number of likely N-dealkylation sites (N-methyl/N-ethyl adjacent to an activating group) is 1. The van der Waals surface area contributed by atoms with Crippen molar-refractivity contribution >= 4 is 11.7 Å². The van der Waals surface area contributed by atoms with Gasteiger partial charge in [-0.25, -0.2) is 9.18 Å². The third-order valence-corrected chi connectivity index (χ3v) is 3.37. The molecule has 0 aromatic heterocycles. The largest absolute Gasteiger partial charge is 0.464 e. The molecule has 104 valence electrons. The van der Waals surface area contributed by atoms with Gasteiger partial charge in [-0.15, -0.1) is 0 Å². The molecule has 1 aromatic carbocycles. The SMILES string of the molecule is CCOC(=O)C1(Nc2ccccc2F)CCN(C)C1. The minimum atomic E-state index is -0.854. The Labute approximate surface area is 112 Å². The molecule has 1 N–H and O–H groups in total. The van der Waals surface area contributed by atoms with E-state index in [0.29, 0.717) is 25.3 Å². The number of esters is 1. The van der Waals surface area contributed by atoms with Gasteiger partial charge in [0.1, 0.15) is 11.4 Å². The van der Waals surface area contributed by atoms with Crippen LogP contribution < -0.4 is 5.32 Å². The molecule has 4 nitrogen and oxygen atoms in total. The highest BCUT2D eigenvalue weighted by atomic mass is 19.1. The van der Waals surface area contributed by atoms with Gasteiger partial charge < -0.3 is 15.0 Å². The monoisotopic (exact) mass is 266 g/mol. The number of anilines is 1. The van der Waals surface area contributed by atoms with E-state index < -0.39 is 5.54 Å². The minimum absolute atomic E-state index is 0.317. The van der Waals surface area contributed by atoms with E-state index in [4.69, 9.17) is 4.74 Å². The van der Waals surface area contributed by atoms with E-state index in [2.05, 4.69) is 5.32 Å². The molecule has 1 aromatic rings. The van der Waals surface area contributed by atoms with Crippen LogP contribution in [0.15, 0.2) is 24.3 Å². The summed E-state index contributed by atoms with van der Waals surface area (Å²) >= 11 is 0. The Kier molecular flexibility index (Phi) is 4.04. The average Bonchev–Trinajstić information content (AvgIpc) is 2.75. The second-order valence-corrected chi connectivity index (χ2v) is 4.90. The lowest BCUT2D eigenvalue weighted by Gasteiger charge is -2.29. The number of halogens is 1.